The van der Waals surface area contributed by atoms with Gasteiger partial charge in [0.05, 0.1) is 25.6 Å². The summed E-state index contributed by atoms with van der Waals surface area (Å²) in [6, 6.07) is 2.56. The van der Waals surface area contributed by atoms with Gasteiger partial charge in [-0.15, -0.1) is 0 Å². The van der Waals surface area contributed by atoms with Crippen molar-refractivity contribution in [3.63, 3.8) is 0 Å². The molecule has 1 aliphatic heterocycles. The van der Waals surface area contributed by atoms with E-state index in [-0.39, 0.29) is 31.1 Å². The summed E-state index contributed by atoms with van der Waals surface area (Å²) < 4.78 is 25.5. The Kier molecular flexibility index (Phi) is 4.57. The van der Waals surface area contributed by atoms with Crippen molar-refractivity contribution in [2.75, 3.05) is 12.1 Å². The van der Waals surface area contributed by atoms with Crippen LogP contribution in [-0.2, 0) is 29.1 Å². The SMILES string of the molecule is CCn1cncc(NC(=O)Cc2cc(F)cc3c2OCOC3)c1=O. The second-order valence-corrected chi connectivity index (χ2v) is 5.29. The van der Waals surface area contributed by atoms with Gasteiger partial charge < -0.3 is 14.8 Å². The molecule has 1 amide bonds. The van der Waals surface area contributed by atoms with Gasteiger partial charge in [-0.25, -0.2) is 9.37 Å². The Morgan fingerprint density at radius 3 is 3.08 bits per heavy atom. The minimum absolute atomic E-state index is 0.0526. The van der Waals surface area contributed by atoms with Crippen LogP contribution in [0.15, 0.2) is 29.5 Å². The highest BCUT2D eigenvalue weighted by atomic mass is 19.1. The molecule has 0 atom stereocenters. The third kappa shape index (κ3) is 3.28. The number of hydrogen-bond acceptors (Lipinski definition) is 5. The minimum atomic E-state index is -0.472. The van der Waals surface area contributed by atoms with Crippen molar-refractivity contribution in [2.45, 2.75) is 26.5 Å². The zero-order chi connectivity index (χ0) is 17.1. The molecule has 8 heteroatoms. The number of fused-ring (bicyclic) bond motifs is 1. The number of hydrogen-bond donors (Lipinski definition) is 1. The summed E-state index contributed by atoms with van der Waals surface area (Å²) in [6.07, 6.45) is 2.56. The third-order valence-electron chi connectivity index (χ3n) is 3.62. The molecule has 0 saturated carbocycles. The zero-order valence-corrected chi connectivity index (χ0v) is 13.0. The summed E-state index contributed by atoms with van der Waals surface area (Å²) in [6.45, 7) is 2.52. The molecule has 1 aromatic carbocycles. The average molecular weight is 333 g/mol. The minimum Gasteiger partial charge on any atom is -0.467 e. The molecule has 2 aromatic rings. The Bertz CT molecular complexity index is 835. The summed E-state index contributed by atoms with van der Waals surface area (Å²) in [5.41, 5.74) is 0.704. The fourth-order valence-electron chi connectivity index (χ4n) is 2.52. The lowest BCUT2D eigenvalue weighted by Crippen LogP contribution is -2.26. The van der Waals surface area contributed by atoms with Gasteiger partial charge >= 0.3 is 0 Å². The Morgan fingerprint density at radius 2 is 2.29 bits per heavy atom. The number of rotatable bonds is 4. The Hall–Kier alpha value is -2.74. The number of aryl methyl sites for hydroxylation is 1. The van der Waals surface area contributed by atoms with Gasteiger partial charge in [-0.05, 0) is 19.1 Å². The molecule has 126 valence electrons. The molecule has 0 radical (unpaired) electrons. The maximum Gasteiger partial charge on any atom is 0.277 e. The van der Waals surface area contributed by atoms with Crippen LogP contribution in [0.5, 0.6) is 5.75 Å². The molecule has 1 aliphatic rings. The molecule has 0 fully saturated rings. The van der Waals surface area contributed by atoms with Crippen molar-refractivity contribution in [3.8, 4) is 5.75 Å². The third-order valence-corrected chi connectivity index (χ3v) is 3.62. The number of aromatic nitrogens is 2. The molecule has 0 spiro atoms. The summed E-state index contributed by atoms with van der Waals surface area (Å²) in [5, 5.41) is 2.52. The highest BCUT2D eigenvalue weighted by molar-refractivity contribution is 5.92. The van der Waals surface area contributed by atoms with Crippen molar-refractivity contribution in [1.82, 2.24) is 9.55 Å². The van der Waals surface area contributed by atoms with E-state index in [4.69, 9.17) is 9.47 Å². The quantitative estimate of drug-likeness (QED) is 0.916. The van der Waals surface area contributed by atoms with Crippen molar-refractivity contribution in [3.05, 3.63) is 52.0 Å². The van der Waals surface area contributed by atoms with E-state index in [2.05, 4.69) is 10.3 Å². The van der Waals surface area contributed by atoms with Crippen LogP contribution in [0, 0.1) is 5.82 Å². The van der Waals surface area contributed by atoms with Gasteiger partial charge in [-0.3, -0.25) is 14.2 Å². The number of benzene rings is 1. The molecule has 0 bridgehead atoms. The van der Waals surface area contributed by atoms with Crippen LogP contribution in [-0.4, -0.2) is 22.3 Å². The van der Waals surface area contributed by atoms with E-state index in [9.17, 15) is 14.0 Å². The molecule has 0 saturated heterocycles. The molecule has 3 rings (SSSR count). The van der Waals surface area contributed by atoms with Crippen LogP contribution in [0.1, 0.15) is 18.1 Å². The fraction of sp³-hybridized carbons (Fsp3) is 0.312. The zero-order valence-electron chi connectivity index (χ0n) is 13.0. The predicted octanol–water partition coefficient (Wildman–Crippen LogP) is 1.45. The maximum atomic E-state index is 13.7. The Labute approximate surface area is 137 Å². The normalized spacial score (nSPS) is 13.1. The number of ether oxygens (including phenoxy) is 2. The van der Waals surface area contributed by atoms with Gasteiger partial charge in [0.25, 0.3) is 5.56 Å². The topological polar surface area (TPSA) is 82.5 Å². The van der Waals surface area contributed by atoms with Crippen LogP contribution in [0.3, 0.4) is 0 Å². The summed E-state index contributed by atoms with van der Waals surface area (Å²) in [4.78, 5) is 28.2. The van der Waals surface area contributed by atoms with Crippen molar-refractivity contribution >= 4 is 11.6 Å². The van der Waals surface area contributed by atoms with Crippen molar-refractivity contribution < 1.29 is 18.7 Å². The van der Waals surface area contributed by atoms with E-state index >= 15 is 0 Å². The lowest BCUT2D eigenvalue weighted by Gasteiger charge is -2.20. The fourth-order valence-corrected chi connectivity index (χ4v) is 2.52. The van der Waals surface area contributed by atoms with E-state index in [1.54, 1.807) is 6.92 Å². The van der Waals surface area contributed by atoms with E-state index in [1.807, 2.05) is 0 Å². The molecular weight excluding hydrogens is 317 g/mol. The number of nitrogens with zero attached hydrogens (tertiary/aromatic N) is 2. The number of carbonyl (C=O) groups excluding carboxylic acids is 1. The van der Waals surface area contributed by atoms with E-state index < -0.39 is 11.7 Å². The number of halogens is 1. The summed E-state index contributed by atoms with van der Waals surface area (Å²) >= 11 is 0. The number of carbonyl (C=O) groups is 1. The molecule has 24 heavy (non-hydrogen) atoms. The second kappa shape index (κ2) is 6.79. The van der Waals surface area contributed by atoms with E-state index in [0.29, 0.717) is 23.4 Å². The highest BCUT2D eigenvalue weighted by Gasteiger charge is 2.19. The first-order valence-electron chi connectivity index (χ1n) is 7.44. The van der Waals surface area contributed by atoms with Gasteiger partial charge in [0.2, 0.25) is 5.91 Å². The standard InChI is InChI=1S/C16H16FN3O4/c1-2-20-8-18-6-13(16(20)22)19-14(21)5-10-3-12(17)4-11-7-23-9-24-15(10)11/h3-4,6,8H,2,5,7,9H2,1H3,(H,19,21). The predicted molar refractivity (Wildman–Crippen MR) is 83.2 cm³/mol. The van der Waals surface area contributed by atoms with Crippen LogP contribution in [0.25, 0.3) is 0 Å². The summed E-state index contributed by atoms with van der Waals surface area (Å²) in [7, 11) is 0. The van der Waals surface area contributed by atoms with Crippen LogP contribution >= 0.6 is 0 Å². The average Bonchev–Trinajstić information content (AvgIpc) is 2.56. The van der Waals surface area contributed by atoms with Gasteiger partial charge in [-0.2, -0.15) is 0 Å². The van der Waals surface area contributed by atoms with Gasteiger partial charge in [-0.1, -0.05) is 0 Å². The molecule has 0 aliphatic carbocycles. The summed E-state index contributed by atoms with van der Waals surface area (Å²) in [5.74, 6) is -0.471. The Balaban J connectivity index is 1.81. The van der Waals surface area contributed by atoms with Crippen molar-refractivity contribution in [2.24, 2.45) is 0 Å². The van der Waals surface area contributed by atoms with Crippen LogP contribution in [0.2, 0.25) is 0 Å². The van der Waals surface area contributed by atoms with Crippen LogP contribution in [0.4, 0.5) is 10.1 Å². The van der Waals surface area contributed by atoms with Crippen molar-refractivity contribution in [1.29, 1.82) is 0 Å². The molecule has 0 unspecified atom stereocenters. The Morgan fingerprint density at radius 1 is 1.46 bits per heavy atom. The lowest BCUT2D eigenvalue weighted by atomic mass is 10.0. The smallest absolute Gasteiger partial charge is 0.277 e. The van der Waals surface area contributed by atoms with E-state index in [1.165, 1.54) is 29.2 Å². The van der Waals surface area contributed by atoms with E-state index in [0.717, 1.165) is 0 Å². The molecule has 1 aromatic heterocycles. The van der Waals surface area contributed by atoms with Crippen LogP contribution < -0.4 is 15.6 Å². The van der Waals surface area contributed by atoms with Gasteiger partial charge in [0, 0.05) is 17.7 Å². The van der Waals surface area contributed by atoms with Gasteiger partial charge in [0.1, 0.15) is 17.3 Å². The molecular formula is C16H16FN3O4. The first-order valence-corrected chi connectivity index (χ1v) is 7.44. The first kappa shape index (κ1) is 16.1. The number of nitrogens with one attached hydrogen (secondary N) is 1. The monoisotopic (exact) mass is 333 g/mol. The second-order valence-electron chi connectivity index (χ2n) is 5.29. The highest BCUT2D eigenvalue weighted by Crippen LogP contribution is 2.29. The number of amides is 1. The molecule has 1 N–H and O–H groups in total. The first-order chi connectivity index (χ1) is 11.6. The maximum absolute atomic E-state index is 13.7. The number of anilines is 1. The largest absolute Gasteiger partial charge is 0.467 e. The van der Waals surface area contributed by atoms with Gasteiger partial charge in [0.15, 0.2) is 6.79 Å². The molecule has 7 nitrogen and oxygen atoms in total. The molecule has 2 heterocycles. The lowest BCUT2D eigenvalue weighted by molar-refractivity contribution is -0.115.